The fourth-order valence-electron chi connectivity index (χ4n) is 2.92. The molecule has 0 aliphatic carbocycles. The van der Waals surface area contributed by atoms with Gasteiger partial charge in [-0.3, -0.25) is 0 Å². The Hall–Kier alpha value is -0.950. The van der Waals surface area contributed by atoms with E-state index in [0.29, 0.717) is 0 Å². The second kappa shape index (κ2) is 8.16. The van der Waals surface area contributed by atoms with Gasteiger partial charge in [0.1, 0.15) is 5.60 Å². The zero-order chi connectivity index (χ0) is 17.9. The summed E-state index contributed by atoms with van der Waals surface area (Å²) in [6.07, 6.45) is 5.27. The molecule has 1 atom stereocenters. The normalized spacial score (nSPS) is 18.9. The van der Waals surface area contributed by atoms with Gasteiger partial charge in [0.15, 0.2) is 0 Å². The van der Waals surface area contributed by atoms with Crippen LogP contribution in [0.4, 0.5) is 0 Å². The van der Waals surface area contributed by atoms with Crippen molar-refractivity contribution in [1.29, 1.82) is 0 Å². The number of halogens is 3. The third kappa shape index (κ3) is 4.42. The first-order valence-electron chi connectivity index (χ1n) is 7.89. The fraction of sp³-hybridized carbons (Fsp3) is 0.211. The first-order chi connectivity index (χ1) is 12.0. The van der Waals surface area contributed by atoms with Crippen LogP contribution in [0.2, 0.25) is 0 Å². The third-order valence-corrected chi connectivity index (χ3v) is 5.78. The molecule has 130 valence electrons. The number of hydrogen-bond acceptors (Lipinski definition) is 2. The molecule has 0 fully saturated rings. The number of aryl methyl sites for hydroxylation is 1. The molecule has 0 saturated heterocycles. The van der Waals surface area contributed by atoms with Gasteiger partial charge in [-0.25, -0.2) is 4.98 Å². The second-order valence-corrected chi connectivity index (χ2v) is 8.63. The van der Waals surface area contributed by atoms with Crippen molar-refractivity contribution in [2.24, 2.45) is 0 Å². The molecule has 0 amide bonds. The minimum Gasteiger partial charge on any atom is -0.379 e. The second-order valence-electron chi connectivity index (χ2n) is 5.88. The molecule has 4 rings (SSSR count). The van der Waals surface area contributed by atoms with E-state index in [0.717, 1.165) is 44.1 Å². The number of hydrogen-bond donors (Lipinski definition) is 1. The van der Waals surface area contributed by atoms with Gasteiger partial charge in [0.2, 0.25) is 0 Å². The van der Waals surface area contributed by atoms with Crippen LogP contribution < -0.4 is 0 Å². The maximum atomic E-state index is 10.9. The molecule has 0 spiro atoms. The molecule has 25 heavy (non-hydrogen) atoms. The van der Waals surface area contributed by atoms with E-state index in [1.165, 1.54) is 0 Å². The Morgan fingerprint density at radius 1 is 0.880 bits per heavy atom. The predicted molar refractivity (Wildman–Crippen MR) is 110 cm³/mol. The van der Waals surface area contributed by atoms with Crippen molar-refractivity contribution >= 4 is 47.8 Å². The van der Waals surface area contributed by atoms with Crippen molar-refractivity contribution in [1.82, 2.24) is 9.55 Å². The van der Waals surface area contributed by atoms with E-state index in [9.17, 15) is 5.11 Å². The quantitative estimate of drug-likeness (QED) is 0.428. The number of fused-ring (bicyclic) bond motifs is 1. The molecule has 0 bridgehead atoms. The highest BCUT2D eigenvalue weighted by Gasteiger charge is 2.36. The monoisotopic (exact) mass is 526 g/mol. The maximum Gasteiger partial charge on any atom is 0.131 e. The lowest BCUT2D eigenvalue weighted by atomic mass is 9.84. The van der Waals surface area contributed by atoms with Crippen molar-refractivity contribution in [2.45, 2.75) is 25.0 Å². The van der Waals surface area contributed by atoms with Crippen LogP contribution in [0.1, 0.15) is 24.1 Å². The number of nitrogens with zero attached hydrogens (tertiary/aromatic N) is 2. The lowest BCUT2D eigenvalue weighted by molar-refractivity contribution is 0.0469. The predicted octanol–water partition coefficient (Wildman–Crippen LogP) is 5.89. The van der Waals surface area contributed by atoms with Gasteiger partial charge in [-0.05, 0) is 54.8 Å². The van der Waals surface area contributed by atoms with E-state index in [1.54, 1.807) is 12.5 Å². The molecular formula is C19H17Br3N2O. The molecule has 0 saturated carbocycles. The van der Waals surface area contributed by atoms with Gasteiger partial charge in [0.05, 0.1) is 18.2 Å². The van der Waals surface area contributed by atoms with Crippen LogP contribution in [0.25, 0.3) is 0 Å². The summed E-state index contributed by atoms with van der Waals surface area (Å²) in [5.74, 6) is 0. The SMILES string of the molecule is Brc1ccc(Br)cc1.OC1(c2ccc(Br)cc2)CCCn2cncc21. The Balaban J connectivity index is 0.000000192. The summed E-state index contributed by atoms with van der Waals surface area (Å²) in [5.41, 5.74) is 0.934. The van der Waals surface area contributed by atoms with E-state index in [-0.39, 0.29) is 0 Å². The standard InChI is InChI=1S/C13H13BrN2O.C6H4Br2/c14-11-4-2-10(3-5-11)13(17)6-1-7-16-9-15-8-12(13)16;7-5-1-2-6(8)4-3-5/h2-5,8-9,17H,1,6-7H2;1-4H. The summed E-state index contributed by atoms with van der Waals surface area (Å²) in [6, 6.07) is 15.8. The van der Waals surface area contributed by atoms with Crippen LogP contribution in [0.3, 0.4) is 0 Å². The summed E-state index contributed by atoms with van der Waals surface area (Å²) < 4.78 is 5.28. The van der Waals surface area contributed by atoms with Crippen molar-refractivity contribution in [3.8, 4) is 0 Å². The lowest BCUT2D eigenvalue weighted by Crippen LogP contribution is -2.34. The smallest absolute Gasteiger partial charge is 0.131 e. The van der Waals surface area contributed by atoms with E-state index >= 15 is 0 Å². The van der Waals surface area contributed by atoms with Gasteiger partial charge in [-0.2, -0.15) is 0 Å². The van der Waals surface area contributed by atoms with Crippen molar-refractivity contribution in [3.05, 3.63) is 85.7 Å². The largest absolute Gasteiger partial charge is 0.379 e. The zero-order valence-electron chi connectivity index (χ0n) is 13.4. The van der Waals surface area contributed by atoms with Crippen molar-refractivity contribution in [2.75, 3.05) is 0 Å². The third-order valence-electron chi connectivity index (χ3n) is 4.20. The molecular weight excluding hydrogens is 512 g/mol. The first-order valence-corrected chi connectivity index (χ1v) is 10.3. The van der Waals surface area contributed by atoms with Gasteiger partial charge < -0.3 is 9.67 Å². The molecule has 1 N–H and O–H groups in total. The van der Waals surface area contributed by atoms with Gasteiger partial charge in [0.25, 0.3) is 0 Å². The molecule has 1 unspecified atom stereocenters. The number of rotatable bonds is 1. The highest BCUT2D eigenvalue weighted by molar-refractivity contribution is 9.11. The van der Waals surface area contributed by atoms with Gasteiger partial charge in [-0.1, -0.05) is 59.9 Å². The highest BCUT2D eigenvalue weighted by Crippen LogP contribution is 2.37. The number of imidazole rings is 1. The van der Waals surface area contributed by atoms with E-state index in [2.05, 4.69) is 52.8 Å². The topological polar surface area (TPSA) is 38.0 Å². The van der Waals surface area contributed by atoms with Crippen molar-refractivity contribution < 1.29 is 5.11 Å². The molecule has 0 radical (unpaired) electrons. The Labute approximate surface area is 172 Å². The molecule has 1 aromatic heterocycles. The van der Waals surface area contributed by atoms with Crippen molar-refractivity contribution in [3.63, 3.8) is 0 Å². The Morgan fingerprint density at radius 3 is 1.96 bits per heavy atom. The summed E-state index contributed by atoms with van der Waals surface area (Å²) in [5, 5.41) is 10.9. The Bertz CT molecular complexity index is 810. The van der Waals surface area contributed by atoms with Crippen LogP contribution in [-0.2, 0) is 12.1 Å². The highest BCUT2D eigenvalue weighted by atomic mass is 79.9. The minimum atomic E-state index is -0.893. The van der Waals surface area contributed by atoms with Gasteiger partial charge in [-0.15, -0.1) is 0 Å². The van der Waals surface area contributed by atoms with Crippen LogP contribution in [0, 0.1) is 0 Å². The number of aromatic nitrogens is 2. The maximum absolute atomic E-state index is 10.9. The average Bonchev–Trinajstić information content (AvgIpc) is 3.09. The van der Waals surface area contributed by atoms with E-state index in [4.69, 9.17) is 0 Å². The van der Waals surface area contributed by atoms with Crippen LogP contribution in [0.5, 0.6) is 0 Å². The molecule has 1 aliphatic rings. The molecule has 3 aromatic rings. The van der Waals surface area contributed by atoms with Crippen LogP contribution in [0.15, 0.2) is 74.5 Å². The average molecular weight is 529 g/mol. The minimum absolute atomic E-state index is 0.750. The van der Waals surface area contributed by atoms with Crippen LogP contribution in [-0.4, -0.2) is 14.7 Å². The summed E-state index contributed by atoms with van der Waals surface area (Å²) >= 11 is 10.1. The fourth-order valence-corrected chi connectivity index (χ4v) is 3.72. The van der Waals surface area contributed by atoms with E-state index < -0.39 is 5.60 Å². The summed E-state index contributed by atoms with van der Waals surface area (Å²) in [7, 11) is 0. The first kappa shape index (κ1) is 18.8. The molecule has 2 aromatic carbocycles. The van der Waals surface area contributed by atoms with E-state index in [1.807, 2.05) is 53.1 Å². The number of aliphatic hydroxyl groups is 1. The van der Waals surface area contributed by atoms with Crippen LogP contribution >= 0.6 is 47.8 Å². The molecule has 3 nitrogen and oxygen atoms in total. The zero-order valence-corrected chi connectivity index (χ0v) is 18.1. The molecule has 1 aliphatic heterocycles. The lowest BCUT2D eigenvalue weighted by Gasteiger charge is -2.33. The number of benzene rings is 2. The Morgan fingerprint density at radius 2 is 1.40 bits per heavy atom. The summed E-state index contributed by atoms with van der Waals surface area (Å²) in [6.45, 7) is 0.939. The van der Waals surface area contributed by atoms with Gasteiger partial charge >= 0.3 is 0 Å². The van der Waals surface area contributed by atoms with Gasteiger partial charge in [0, 0.05) is 20.0 Å². The summed E-state index contributed by atoms with van der Waals surface area (Å²) in [4.78, 5) is 4.14. The molecule has 6 heteroatoms. The Kier molecular flexibility index (Phi) is 6.15. The molecule has 2 heterocycles.